The smallest absolute Gasteiger partial charge is 0.323 e. The zero-order valence-electron chi connectivity index (χ0n) is 10.7. The Morgan fingerprint density at radius 1 is 1.59 bits per heavy atom. The molecule has 1 rings (SSSR count). The first kappa shape index (κ1) is 14.1. The van der Waals surface area contributed by atoms with Crippen LogP contribution < -0.4 is 5.32 Å². The lowest BCUT2D eigenvalue weighted by molar-refractivity contribution is -0.145. The van der Waals surface area contributed by atoms with Gasteiger partial charge >= 0.3 is 5.97 Å². The van der Waals surface area contributed by atoms with Crippen LogP contribution in [-0.4, -0.2) is 23.6 Å². The van der Waals surface area contributed by atoms with Crippen molar-refractivity contribution in [1.29, 1.82) is 0 Å². The van der Waals surface area contributed by atoms with Gasteiger partial charge in [-0.3, -0.25) is 10.1 Å². The molecular formula is C12H20N2O2S. The predicted octanol–water partition coefficient (Wildman–Crippen LogP) is 2.27. The Balaban J connectivity index is 2.46. The molecule has 1 N–H and O–H groups in total. The first-order valence-corrected chi connectivity index (χ1v) is 6.86. The largest absolute Gasteiger partial charge is 0.465 e. The molecule has 0 saturated heterocycles. The highest BCUT2D eigenvalue weighted by atomic mass is 32.1. The van der Waals surface area contributed by atoms with Gasteiger partial charge in [-0.05, 0) is 20.3 Å². The third-order valence-corrected chi connectivity index (χ3v) is 3.28. The van der Waals surface area contributed by atoms with E-state index in [2.05, 4.69) is 17.2 Å². The maximum absolute atomic E-state index is 11.7. The van der Waals surface area contributed by atoms with E-state index in [0.717, 1.165) is 23.5 Å². The average molecular weight is 256 g/mol. The van der Waals surface area contributed by atoms with Crippen molar-refractivity contribution in [2.24, 2.45) is 0 Å². The third kappa shape index (κ3) is 4.83. The number of carbonyl (C=O) groups is 1. The van der Waals surface area contributed by atoms with Crippen LogP contribution >= 0.6 is 11.3 Å². The van der Waals surface area contributed by atoms with Crippen molar-refractivity contribution < 1.29 is 9.53 Å². The van der Waals surface area contributed by atoms with Crippen LogP contribution in [0.1, 0.15) is 37.4 Å². The number of nitrogens with one attached hydrogen (secondary N) is 1. The van der Waals surface area contributed by atoms with Crippen LogP contribution in [0.3, 0.4) is 0 Å². The topological polar surface area (TPSA) is 51.2 Å². The molecule has 1 heterocycles. The van der Waals surface area contributed by atoms with E-state index < -0.39 is 0 Å². The summed E-state index contributed by atoms with van der Waals surface area (Å²) >= 11 is 1.61. The van der Waals surface area contributed by atoms with Crippen LogP contribution in [0.2, 0.25) is 0 Å². The molecule has 1 atom stereocenters. The van der Waals surface area contributed by atoms with Gasteiger partial charge in [-0.2, -0.15) is 0 Å². The van der Waals surface area contributed by atoms with Gasteiger partial charge in [0.15, 0.2) is 0 Å². The highest BCUT2D eigenvalue weighted by Gasteiger charge is 2.18. The molecule has 5 heteroatoms. The summed E-state index contributed by atoms with van der Waals surface area (Å²) in [5, 5.41) is 6.23. The van der Waals surface area contributed by atoms with Gasteiger partial charge in [-0.1, -0.05) is 13.3 Å². The molecule has 0 amide bonds. The normalized spacial score (nSPS) is 12.4. The fourth-order valence-corrected chi connectivity index (χ4v) is 2.25. The van der Waals surface area contributed by atoms with E-state index in [1.807, 2.05) is 19.2 Å². The number of esters is 1. The van der Waals surface area contributed by atoms with Crippen LogP contribution in [0.15, 0.2) is 5.38 Å². The van der Waals surface area contributed by atoms with E-state index >= 15 is 0 Å². The second-order valence-electron chi connectivity index (χ2n) is 3.86. The fourth-order valence-electron chi connectivity index (χ4n) is 1.53. The molecule has 1 aromatic heterocycles. The number of nitrogens with zero attached hydrogens (tertiary/aromatic N) is 1. The standard InChI is InChI=1S/C12H20N2O2S/c1-4-6-10(12(15)16-5-2)13-7-11-14-9(3)8-17-11/h8,10,13H,4-7H2,1-3H3. The lowest BCUT2D eigenvalue weighted by Crippen LogP contribution is -2.37. The highest BCUT2D eigenvalue weighted by Crippen LogP contribution is 2.09. The quantitative estimate of drug-likeness (QED) is 0.760. The number of thiazole rings is 1. The zero-order chi connectivity index (χ0) is 12.7. The lowest BCUT2D eigenvalue weighted by atomic mass is 10.1. The molecule has 0 radical (unpaired) electrons. The second kappa shape index (κ2) is 7.40. The number of ether oxygens (including phenoxy) is 1. The summed E-state index contributed by atoms with van der Waals surface area (Å²) in [5.74, 6) is -0.164. The molecule has 1 unspecified atom stereocenters. The summed E-state index contributed by atoms with van der Waals surface area (Å²) in [5.41, 5.74) is 1.02. The van der Waals surface area contributed by atoms with E-state index in [9.17, 15) is 4.79 Å². The molecule has 4 nitrogen and oxygen atoms in total. The maximum Gasteiger partial charge on any atom is 0.323 e. The Morgan fingerprint density at radius 2 is 2.35 bits per heavy atom. The molecule has 0 aromatic carbocycles. The van der Waals surface area contributed by atoms with Gasteiger partial charge < -0.3 is 4.74 Å². The van der Waals surface area contributed by atoms with Crippen molar-refractivity contribution >= 4 is 17.3 Å². The van der Waals surface area contributed by atoms with Gasteiger partial charge in [0.2, 0.25) is 0 Å². The van der Waals surface area contributed by atoms with E-state index in [1.54, 1.807) is 11.3 Å². The Labute approximate surface area is 106 Å². The summed E-state index contributed by atoms with van der Waals surface area (Å²) in [4.78, 5) is 16.0. The van der Waals surface area contributed by atoms with E-state index in [1.165, 1.54) is 0 Å². The molecule has 0 fully saturated rings. The van der Waals surface area contributed by atoms with Crippen LogP contribution in [0.4, 0.5) is 0 Å². The first-order chi connectivity index (χ1) is 8.17. The zero-order valence-corrected chi connectivity index (χ0v) is 11.5. The van der Waals surface area contributed by atoms with Crippen molar-refractivity contribution in [2.75, 3.05) is 6.61 Å². The molecular weight excluding hydrogens is 236 g/mol. The van der Waals surface area contributed by atoms with Crippen LogP contribution in [0.5, 0.6) is 0 Å². The minimum atomic E-state index is -0.218. The Hall–Kier alpha value is -0.940. The van der Waals surface area contributed by atoms with Gasteiger partial charge in [-0.25, -0.2) is 4.98 Å². The van der Waals surface area contributed by atoms with Crippen molar-refractivity contribution in [3.05, 3.63) is 16.1 Å². The molecule has 96 valence electrons. The molecule has 0 aliphatic rings. The molecule has 0 saturated carbocycles. The number of aryl methyl sites for hydroxylation is 1. The number of rotatable bonds is 7. The summed E-state index contributed by atoms with van der Waals surface area (Å²) in [6.07, 6.45) is 1.75. The lowest BCUT2D eigenvalue weighted by Gasteiger charge is -2.15. The predicted molar refractivity (Wildman–Crippen MR) is 69.0 cm³/mol. The van der Waals surface area contributed by atoms with Gasteiger partial charge in [0.1, 0.15) is 11.0 Å². The van der Waals surface area contributed by atoms with E-state index in [-0.39, 0.29) is 12.0 Å². The summed E-state index contributed by atoms with van der Waals surface area (Å²) < 4.78 is 5.03. The molecule has 1 aromatic rings. The highest BCUT2D eigenvalue weighted by molar-refractivity contribution is 7.09. The maximum atomic E-state index is 11.7. The first-order valence-electron chi connectivity index (χ1n) is 5.98. The van der Waals surface area contributed by atoms with Crippen molar-refractivity contribution in [2.45, 2.75) is 46.2 Å². The van der Waals surface area contributed by atoms with Gasteiger partial charge in [0.25, 0.3) is 0 Å². The molecule has 0 aliphatic heterocycles. The number of hydrogen-bond donors (Lipinski definition) is 1. The van der Waals surface area contributed by atoms with Crippen molar-refractivity contribution in [3.8, 4) is 0 Å². The van der Waals surface area contributed by atoms with Gasteiger partial charge in [0.05, 0.1) is 6.61 Å². The minimum Gasteiger partial charge on any atom is -0.465 e. The fraction of sp³-hybridized carbons (Fsp3) is 0.667. The van der Waals surface area contributed by atoms with Crippen LogP contribution in [0.25, 0.3) is 0 Å². The minimum absolute atomic E-state index is 0.164. The molecule has 17 heavy (non-hydrogen) atoms. The Kier molecular flexibility index (Phi) is 6.15. The Bertz CT molecular complexity index is 352. The van der Waals surface area contributed by atoms with Crippen molar-refractivity contribution in [3.63, 3.8) is 0 Å². The summed E-state index contributed by atoms with van der Waals surface area (Å²) in [6, 6.07) is -0.218. The SMILES string of the molecule is CCCC(NCc1nc(C)cs1)C(=O)OCC. The second-order valence-corrected chi connectivity index (χ2v) is 4.80. The third-order valence-electron chi connectivity index (χ3n) is 2.31. The summed E-state index contributed by atoms with van der Waals surface area (Å²) in [7, 11) is 0. The number of aromatic nitrogens is 1. The van der Waals surface area contributed by atoms with Crippen molar-refractivity contribution in [1.82, 2.24) is 10.3 Å². The average Bonchev–Trinajstić information content (AvgIpc) is 2.70. The molecule has 0 aliphatic carbocycles. The Morgan fingerprint density at radius 3 is 2.88 bits per heavy atom. The summed E-state index contributed by atoms with van der Waals surface area (Å²) in [6.45, 7) is 6.90. The van der Waals surface area contributed by atoms with Crippen LogP contribution in [0, 0.1) is 6.92 Å². The molecule has 0 spiro atoms. The monoisotopic (exact) mass is 256 g/mol. The van der Waals surface area contributed by atoms with E-state index in [4.69, 9.17) is 4.74 Å². The molecule has 0 bridgehead atoms. The number of hydrogen-bond acceptors (Lipinski definition) is 5. The van der Waals surface area contributed by atoms with Gasteiger partial charge in [0, 0.05) is 17.6 Å². The van der Waals surface area contributed by atoms with Crippen LogP contribution in [-0.2, 0) is 16.1 Å². The number of carbonyl (C=O) groups excluding carboxylic acids is 1. The van der Waals surface area contributed by atoms with E-state index in [0.29, 0.717) is 13.2 Å². The van der Waals surface area contributed by atoms with Gasteiger partial charge in [-0.15, -0.1) is 11.3 Å².